The fourth-order valence-electron chi connectivity index (χ4n) is 1.39. The van der Waals surface area contributed by atoms with Gasteiger partial charge in [-0.2, -0.15) is 0 Å². The monoisotopic (exact) mass is 330 g/mol. The maximum atomic E-state index is 12.0. The number of benzene rings is 1. The van der Waals surface area contributed by atoms with Crippen molar-refractivity contribution in [2.45, 2.75) is 0 Å². The van der Waals surface area contributed by atoms with Gasteiger partial charge >= 0.3 is 0 Å². The summed E-state index contributed by atoms with van der Waals surface area (Å²) in [5, 5.41) is 3.11. The Hall–Kier alpha value is -1.14. The van der Waals surface area contributed by atoms with Gasteiger partial charge in [0.1, 0.15) is 4.99 Å². The molecule has 7 heteroatoms. The van der Waals surface area contributed by atoms with Crippen LogP contribution in [0.25, 0.3) is 0 Å². The van der Waals surface area contributed by atoms with Crippen LogP contribution in [0.15, 0.2) is 30.3 Å². The Morgan fingerprint density at radius 1 is 1.26 bits per heavy atom. The molecular weight excluding hydrogens is 323 g/mol. The first-order chi connectivity index (χ1) is 8.97. The van der Waals surface area contributed by atoms with Gasteiger partial charge in [0.2, 0.25) is 0 Å². The molecule has 0 atom stereocenters. The molecule has 0 radical (unpaired) electrons. The zero-order valence-corrected chi connectivity index (χ0v) is 12.6. The second-order valence-electron chi connectivity index (χ2n) is 3.62. The van der Waals surface area contributed by atoms with Crippen molar-refractivity contribution >= 4 is 63.3 Å². The van der Waals surface area contributed by atoms with Gasteiger partial charge in [0.25, 0.3) is 5.91 Å². The number of nitrogens with one attached hydrogen (secondary N) is 1. The molecule has 0 fully saturated rings. The van der Waals surface area contributed by atoms with Crippen molar-refractivity contribution < 1.29 is 4.79 Å². The van der Waals surface area contributed by atoms with Crippen LogP contribution in [0.4, 0.5) is 5.69 Å². The predicted molar refractivity (Wildman–Crippen MR) is 84.6 cm³/mol. The lowest BCUT2D eigenvalue weighted by Gasteiger charge is -2.08. The predicted octanol–water partition coefficient (Wildman–Crippen LogP) is 3.94. The Balaban J connectivity index is 2.25. The highest BCUT2D eigenvalue weighted by Crippen LogP contribution is 2.26. The standard InChI is InChI=1S/C12H8Cl2N2OS2/c13-7-2-1-6(11(15)18)5-8(7)16-12(17)9-3-4-10(14)19-9/h1-5H,(H2,15,18)(H,16,17). The third-order valence-electron chi connectivity index (χ3n) is 2.30. The number of thiophene rings is 1. The van der Waals surface area contributed by atoms with E-state index in [1.165, 1.54) is 11.3 Å². The van der Waals surface area contributed by atoms with E-state index in [1.807, 2.05) is 0 Å². The molecule has 1 amide bonds. The van der Waals surface area contributed by atoms with Crippen molar-refractivity contribution in [3.63, 3.8) is 0 Å². The van der Waals surface area contributed by atoms with Crippen LogP contribution in [-0.4, -0.2) is 10.9 Å². The Labute approximate surface area is 129 Å². The van der Waals surface area contributed by atoms with Gasteiger partial charge in [-0.3, -0.25) is 4.79 Å². The average Bonchev–Trinajstić information content (AvgIpc) is 2.78. The minimum absolute atomic E-state index is 0.242. The van der Waals surface area contributed by atoms with Crippen LogP contribution >= 0.6 is 46.8 Å². The summed E-state index contributed by atoms with van der Waals surface area (Å²) in [4.78, 5) is 12.7. The number of anilines is 1. The first kappa shape index (κ1) is 14.3. The van der Waals surface area contributed by atoms with E-state index in [2.05, 4.69) is 5.32 Å². The molecule has 0 spiro atoms. The molecule has 1 heterocycles. The first-order valence-electron chi connectivity index (χ1n) is 5.13. The largest absolute Gasteiger partial charge is 0.389 e. The second-order valence-corrected chi connectivity index (χ2v) is 6.18. The first-order valence-corrected chi connectivity index (χ1v) is 7.11. The fraction of sp³-hybridized carbons (Fsp3) is 0. The summed E-state index contributed by atoms with van der Waals surface area (Å²) in [5.41, 5.74) is 6.64. The normalized spacial score (nSPS) is 10.2. The molecular formula is C12H8Cl2N2OS2. The number of thiocarbonyl (C=S) groups is 1. The van der Waals surface area contributed by atoms with Crippen LogP contribution in [0.1, 0.15) is 15.2 Å². The lowest BCUT2D eigenvalue weighted by atomic mass is 10.2. The molecule has 0 aliphatic rings. The number of hydrogen-bond acceptors (Lipinski definition) is 3. The molecule has 3 nitrogen and oxygen atoms in total. The van der Waals surface area contributed by atoms with E-state index in [0.717, 1.165) is 0 Å². The van der Waals surface area contributed by atoms with Crippen LogP contribution in [-0.2, 0) is 0 Å². The van der Waals surface area contributed by atoms with Gasteiger partial charge in [0, 0.05) is 5.56 Å². The highest BCUT2D eigenvalue weighted by atomic mass is 35.5. The van der Waals surface area contributed by atoms with Crippen LogP contribution < -0.4 is 11.1 Å². The van der Waals surface area contributed by atoms with Crippen molar-refractivity contribution in [2.75, 3.05) is 5.32 Å². The van der Waals surface area contributed by atoms with Crippen LogP contribution in [0.5, 0.6) is 0 Å². The van der Waals surface area contributed by atoms with Crippen molar-refractivity contribution in [3.8, 4) is 0 Å². The zero-order valence-electron chi connectivity index (χ0n) is 9.44. The van der Waals surface area contributed by atoms with E-state index in [0.29, 0.717) is 25.5 Å². The van der Waals surface area contributed by atoms with E-state index >= 15 is 0 Å². The molecule has 0 saturated heterocycles. The number of carbonyl (C=O) groups excluding carboxylic acids is 1. The molecule has 2 aromatic rings. The van der Waals surface area contributed by atoms with Crippen LogP contribution in [0, 0.1) is 0 Å². The molecule has 0 aliphatic carbocycles. The number of rotatable bonds is 3. The van der Waals surface area contributed by atoms with E-state index in [4.69, 9.17) is 41.2 Å². The summed E-state index contributed by atoms with van der Waals surface area (Å²) in [5.74, 6) is -0.279. The summed E-state index contributed by atoms with van der Waals surface area (Å²) in [7, 11) is 0. The number of nitrogens with two attached hydrogens (primary N) is 1. The van der Waals surface area contributed by atoms with Gasteiger partial charge in [0.05, 0.1) is 19.9 Å². The van der Waals surface area contributed by atoms with Crippen molar-refractivity contribution in [2.24, 2.45) is 5.73 Å². The summed E-state index contributed by atoms with van der Waals surface area (Å²) in [6, 6.07) is 8.27. The van der Waals surface area contributed by atoms with E-state index in [9.17, 15) is 4.79 Å². The lowest BCUT2D eigenvalue weighted by Crippen LogP contribution is -2.13. The Morgan fingerprint density at radius 3 is 2.58 bits per heavy atom. The number of carbonyl (C=O) groups is 1. The molecule has 19 heavy (non-hydrogen) atoms. The topological polar surface area (TPSA) is 55.1 Å². The Kier molecular flexibility index (Phi) is 4.42. The maximum Gasteiger partial charge on any atom is 0.265 e. The summed E-state index contributed by atoms with van der Waals surface area (Å²) >= 11 is 17.9. The Bertz CT molecular complexity index is 655. The molecule has 1 aromatic carbocycles. The number of hydrogen-bond donors (Lipinski definition) is 2. The van der Waals surface area contributed by atoms with Crippen molar-refractivity contribution in [1.29, 1.82) is 0 Å². The van der Waals surface area contributed by atoms with Gasteiger partial charge in [-0.05, 0) is 24.3 Å². The van der Waals surface area contributed by atoms with E-state index < -0.39 is 0 Å². The molecule has 0 aliphatic heterocycles. The fourth-order valence-corrected chi connectivity index (χ4v) is 2.62. The second kappa shape index (κ2) is 5.88. The van der Waals surface area contributed by atoms with E-state index in [-0.39, 0.29) is 10.9 Å². The van der Waals surface area contributed by atoms with Crippen LogP contribution in [0.2, 0.25) is 9.36 Å². The van der Waals surface area contributed by atoms with Gasteiger partial charge in [0.15, 0.2) is 0 Å². The average molecular weight is 331 g/mol. The van der Waals surface area contributed by atoms with Gasteiger partial charge < -0.3 is 11.1 Å². The molecule has 1 aromatic heterocycles. The number of halogens is 2. The minimum atomic E-state index is -0.279. The molecule has 0 saturated carbocycles. The van der Waals surface area contributed by atoms with Gasteiger partial charge in [-0.25, -0.2) is 0 Å². The summed E-state index contributed by atoms with van der Waals surface area (Å²) in [6.45, 7) is 0. The Morgan fingerprint density at radius 2 is 2.00 bits per heavy atom. The highest BCUT2D eigenvalue weighted by molar-refractivity contribution is 7.80. The lowest BCUT2D eigenvalue weighted by molar-refractivity contribution is 0.103. The molecule has 0 unspecified atom stereocenters. The summed E-state index contributed by atoms with van der Waals surface area (Å²) < 4.78 is 0.549. The third kappa shape index (κ3) is 3.45. The van der Waals surface area contributed by atoms with Crippen molar-refractivity contribution in [1.82, 2.24) is 0 Å². The van der Waals surface area contributed by atoms with Crippen LogP contribution in [0.3, 0.4) is 0 Å². The van der Waals surface area contributed by atoms with Gasteiger partial charge in [-0.1, -0.05) is 41.5 Å². The third-order valence-corrected chi connectivity index (χ3v) is 4.09. The van der Waals surface area contributed by atoms with Gasteiger partial charge in [-0.15, -0.1) is 11.3 Å². The SMILES string of the molecule is NC(=S)c1ccc(Cl)c(NC(=O)c2ccc(Cl)s2)c1. The number of amides is 1. The quantitative estimate of drug-likeness (QED) is 0.838. The highest BCUT2D eigenvalue weighted by Gasteiger charge is 2.11. The molecule has 3 N–H and O–H groups in total. The maximum absolute atomic E-state index is 12.0. The minimum Gasteiger partial charge on any atom is -0.389 e. The van der Waals surface area contributed by atoms with Crippen molar-refractivity contribution in [3.05, 3.63) is 50.1 Å². The summed E-state index contributed by atoms with van der Waals surface area (Å²) in [6.07, 6.45) is 0. The molecule has 0 bridgehead atoms. The molecule has 98 valence electrons. The molecule has 2 rings (SSSR count). The smallest absolute Gasteiger partial charge is 0.265 e. The van der Waals surface area contributed by atoms with E-state index in [1.54, 1.807) is 30.3 Å². The zero-order chi connectivity index (χ0) is 14.0.